The topological polar surface area (TPSA) is 98.0 Å². The minimum atomic E-state index is -0.968. The number of unbranched alkanes of at least 4 members (excludes halogenated alkanes) is 1. The number of aryl methyl sites for hydroxylation is 2. The first-order chi connectivity index (χ1) is 20.2. The summed E-state index contributed by atoms with van der Waals surface area (Å²) in [7, 11) is 0. The Morgan fingerprint density at radius 2 is 1.60 bits per heavy atom. The van der Waals surface area contributed by atoms with Crippen LogP contribution in [0.15, 0.2) is 60.8 Å². The SMILES string of the molecule is Cc1ccc(OCCCCOc2ccc(C=Cc3cccc4c(CCCC(=O)O)cn(CC(=O)O)c34)cc2)c(F)c1F. The minimum Gasteiger partial charge on any atom is -0.494 e. The maximum atomic E-state index is 13.9. The van der Waals surface area contributed by atoms with Crippen LogP contribution in [0.1, 0.15) is 47.9 Å². The predicted octanol–water partition coefficient (Wildman–Crippen LogP) is 7.13. The number of carboxylic acid groups (broad SMARTS) is 2. The lowest BCUT2D eigenvalue weighted by Crippen LogP contribution is -2.07. The molecule has 3 aromatic carbocycles. The number of carboxylic acids is 2. The number of rotatable bonds is 15. The number of aliphatic carboxylic acids is 2. The second kappa shape index (κ2) is 14.3. The third kappa shape index (κ3) is 7.96. The zero-order chi connectivity index (χ0) is 30.1. The lowest BCUT2D eigenvalue weighted by atomic mass is 10.0. The second-order valence-corrected chi connectivity index (χ2v) is 9.98. The second-order valence-electron chi connectivity index (χ2n) is 9.98. The third-order valence-electron chi connectivity index (χ3n) is 6.79. The van der Waals surface area contributed by atoms with Crippen LogP contribution in [0.25, 0.3) is 23.1 Å². The normalized spacial score (nSPS) is 11.3. The van der Waals surface area contributed by atoms with Crippen molar-refractivity contribution in [3.63, 3.8) is 0 Å². The molecule has 0 radical (unpaired) electrons. The van der Waals surface area contributed by atoms with E-state index in [1.807, 2.05) is 54.6 Å². The van der Waals surface area contributed by atoms with Crippen LogP contribution in [-0.2, 0) is 22.6 Å². The highest BCUT2D eigenvalue weighted by Gasteiger charge is 2.14. The van der Waals surface area contributed by atoms with E-state index in [0.717, 1.165) is 27.6 Å². The van der Waals surface area contributed by atoms with Gasteiger partial charge in [0.15, 0.2) is 11.6 Å². The summed E-state index contributed by atoms with van der Waals surface area (Å²) < 4.78 is 40.3. The summed E-state index contributed by atoms with van der Waals surface area (Å²) in [6.07, 6.45) is 8.03. The van der Waals surface area contributed by atoms with E-state index in [-0.39, 0.29) is 30.9 Å². The van der Waals surface area contributed by atoms with Gasteiger partial charge in [-0.05, 0) is 73.1 Å². The van der Waals surface area contributed by atoms with Gasteiger partial charge in [0.05, 0.1) is 18.7 Å². The molecule has 7 nitrogen and oxygen atoms in total. The quantitative estimate of drug-likeness (QED) is 0.115. The Labute approximate surface area is 242 Å². The van der Waals surface area contributed by atoms with Crippen LogP contribution in [0.5, 0.6) is 11.5 Å². The summed E-state index contributed by atoms with van der Waals surface area (Å²) in [5, 5.41) is 19.3. The molecule has 0 aliphatic rings. The van der Waals surface area contributed by atoms with Crippen LogP contribution in [0.2, 0.25) is 0 Å². The summed E-state index contributed by atoms with van der Waals surface area (Å²) in [6.45, 7) is 2.00. The summed E-state index contributed by atoms with van der Waals surface area (Å²) >= 11 is 0. The van der Waals surface area contributed by atoms with Crippen molar-refractivity contribution >= 4 is 35.0 Å². The number of hydrogen-bond donors (Lipinski definition) is 2. The molecular weight excluding hydrogens is 544 g/mol. The van der Waals surface area contributed by atoms with E-state index in [2.05, 4.69) is 0 Å². The summed E-state index contributed by atoms with van der Waals surface area (Å²) in [4.78, 5) is 22.4. The van der Waals surface area contributed by atoms with E-state index in [1.54, 1.807) is 10.8 Å². The van der Waals surface area contributed by atoms with Gasteiger partial charge in [-0.25, -0.2) is 4.39 Å². The monoisotopic (exact) mass is 577 g/mol. The van der Waals surface area contributed by atoms with Gasteiger partial charge in [-0.1, -0.05) is 48.6 Å². The molecule has 4 rings (SSSR count). The molecule has 9 heteroatoms. The van der Waals surface area contributed by atoms with Gasteiger partial charge in [-0.15, -0.1) is 0 Å². The molecule has 0 bridgehead atoms. The van der Waals surface area contributed by atoms with Gasteiger partial charge in [-0.3, -0.25) is 9.59 Å². The highest BCUT2D eigenvalue weighted by molar-refractivity contribution is 5.94. The first kappa shape index (κ1) is 30.3. The van der Waals surface area contributed by atoms with Gasteiger partial charge in [0.2, 0.25) is 5.82 Å². The lowest BCUT2D eigenvalue weighted by Gasteiger charge is -2.09. The van der Waals surface area contributed by atoms with E-state index in [9.17, 15) is 23.5 Å². The van der Waals surface area contributed by atoms with E-state index in [0.29, 0.717) is 38.0 Å². The van der Waals surface area contributed by atoms with Crippen LogP contribution in [0.4, 0.5) is 8.78 Å². The first-order valence-corrected chi connectivity index (χ1v) is 13.8. The summed E-state index contributed by atoms with van der Waals surface area (Å²) in [5.41, 5.74) is 3.73. The van der Waals surface area contributed by atoms with Gasteiger partial charge in [-0.2, -0.15) is 4.39 Å². The van der Waals surface area contributed by atoms with E-state index < -0.39 is 23.6 Å². The molecule has 0 amide bonds. The van der Waals surface area contributed by atoms with Crippen LogP contribution in [0.3, 0.4) is 0 Å². The van der Waals surface area contributed by atoms with Crippen molar-refractivity contribution in [2.75, 3.05) is 13.2 Å². The summed E-state index contributed by atoms with van der Waals surface area (Å²) in [6, 6.07) is 16.2. The van der Waals surface area contributed by atoms with Crippen molar-refractivity contribution in [2.24, 2.45) is 0 Å². The predicted molar refractivity (Wildman–Crippen MR) is 157 cm³/mol. The van der Waals surface area contributed by atoms with Crippen molar-refractivity contribution in [1.82, 2.24) is 4.57 Å². The highest BCUT2D eigenvalue weighted by Crippen LogP contribution is 2.28. The van der Waals surface area contributed by atoms with Gasteiger partial charge < -0.3 is 24.3 Å². The molecule has 0 saturated carbocycles. The lowest BCUT2D eigenvalue weighted by molar-refractivity contribution is -0.138. The zero-order valence-corrected chi connectivity index (χ0v) is 23.3. The van der Waals surface area contributed by atoms with Crippen molar-refractivity contribution in [2.45, 2.75) is 45.6 Å². The number of carbonyl (C=O) groups is 2. The number of para-hydroxylation sites is 1. The van der Waals surface area contributed by atoms with Gasteiger partial charge in [0.1, 0.15) is 12.3 Å². The molecule has 42 heavy (non-hydrogen) atoms. The Morgan fingerprint density at radius 3 is 2.31 bits per heavy atom. The van der Waals surface area contributed by atoms with Gasteiger partial charge >= 0.3 is 11.9 Å². The highest BCUT2D eigenvalue weighted by atomic mass is 19.2. The number of fused-ring (bicyclic) bond motifs is 1. The molecule has 0 saturated heterocycles. The molecule has 0 fully saturated rings. The number of ether oxygens (including phenoxy) is 2. The van der Waals surface area contributed by atoms with Crippen LogP contribution in [-0.4, -0.2) is 39.9 Å². The Hall–Kier alpha value is -4.66. The number of benzene rings is 3. The first-order valence-electron chi connectivity index (χ1n) is 13.8. The van der Waals surface area contributed by atoms with E-state index in [4.69, 9.17) is 14.6 Å². The molecule has 0 spiro atoms. The van der Waals surface area contributed by atoms with Crippen molar-refractivity contribution in [1.29, 1.82) is 0 Å². The number of halogens is 2. The molecule has 0 aliphatic heterocycles. The average Bonchev–Trinajstić information content (AvgIpc) is 3.31. The Kier molecular flexibility index (Phi) is 10.3. The fraction of sp³-hybridized carbons (Fsp3) is 0.273. The van der Waals surface area contributed by atoms with Crippen molar-refractivity contribution < 1.29 is 38.1 Å². The molecule has 4 aromatic rings. The Bertz CT molecular complexity index is 1580. The fourth-order valence-electron chi connectivity index (χ4n) is 4.67. The number of aromatic nitrogens is 1. The van der Waals surface area contributed by atoms with E-state index in [1.165, 1.54) is 19.1 Å². The molecule has 1 heterocycles. The summed E-state index contributed by atoms with van der Waals surface area (Å²) in [5.74, 6) is -3.07. The maximum absolute atomic E-state index is 13.9. The average molecular weight is 578 g/mol. The number of nitrogens with zero attached hydrogens (tertiary/aromatic N) is 1. The largest absolute Gasteiger partial charge is 0.494 e. The third-order valence-corrected chi connectivity index (χ3v) is 6.79. The van der Waals surface area contributed by atoms with Gasteiger partial charge in [0.25, 0.3) is 0 Å². The minimum absolute atomic E-state index is 0.0525. The molecule has 1 aromatic heterocycles. The molecular formula is C33H33F2NO6. The molecule has 0 aliphatic carbocycles. The Balaban J connectivity index is 1.33. The Morgan fingerprint density at radius 1 is 0.857 bits per heavy atom. The fourth-order valence-corrected chi connectivity index (χ4v) is 4.67. The molecule has 2 N–H and O–H groups in total. The smallest absolute Gasteiger partial charge is 0.323 e. The maximum Gasteiger partial charge on any atom is 0.323 e. The van der Waals surface area contributed by atoms with Crippen LogP contribution in [0, 0.1) is 18.6 Å². The van der Waals surface area contributed by atoms with Crippen LogP contribution < -0.4 is 9.47 Å². The van der Waals surface area contributed by atoms with Crippen LogP contribution >= 0.6 is 0 Å². The molecule has 0 atom stereocenters. The molecule has 0 unspecified atom stereocenters. The standard InChI is InChI=1S/C33H33F2NO6/c1-22-10-17-28(32(35)31(22)34)42-19-3-2-18-41-26-15-12-23(13-16-26)11-14-24-6-4-8-27-25(7-5-9-29(37)38)20-36(33(24)27)21-30(39)40/h4,6,8,10-17,20H,2-3,5,7,9,18-19,21H2,1H3,(H,37,38)(H,39,40). The van der Waals surface area contributed by atoms with Crippen molar-refractivity contribution in [3.05, 3.63) is 94.7 Å². The molecule has 220 valence electrons. The zero-order valence-electron chi connectivity index (χ0n) is 23.3. The van der Waals surface area contributed by atoms with E-state index >= 15 is 0 Å². The number of hydrogen-bond acceptors (Lipinski definition) is 4. The van der Waals surface area contributed by atoms with Crippen molar-refractivity contribution in [3.8, 4) is 11.5 Å². The van der Waals surface area contributed by atoms with Gasteiger partial charge in [0, 0.05) is 18.0 Å².